The van der Waals surface area contributed by atoms with Crippen molar-refractivity contribution in [2.45, 2.75) is 365 Å². The van der Waals surface area contributed by atoms with E-state index in [2.05, 4.69) is 262 Å². The Morgan fingerprint density at radius 1 is 0.350 bits per heavy atom. The van der Waals surface area contributed by atoms with E-state index in [1.54, 1.807) is 61.2 Å². The number of pyridine rings is 4. The molecule has 14 rings (SSSR count). The Hall–Kier alpha value is -9.08. The fourth-order valence-electron chi connectivity index (χ4n) is 18.7. The molecule has 7 aromatic heterocycles. The largest absolute Gasteiger partial charge is 0.345 e. The molecule has 788 valence electrons. The minimum absolute atomic E-state index is 0.0447. The summed E-state index contributed by atoms with van der Waals surface area (Å²) in [6.45, 7) is 73.5. The van der Waals surface area contributed by atoms with Crippen LogP contribution in [-0.4, -0.2) is 292 Å². The van der Waals surface area contributed by atoms with Gasteiger partial charge in [0.15, 0.2) is 17.2 Å². The Morgan fingerprint density at radius 2 is 0.678 bits per heavy atom. The van der Waals surface area contributed by atoms with Crippen LogP contribution in [0.4, 0.5) is 0 Å². The minimum Gasteiger partial charge on any atom is -0.345 e. The standard InChI is InChI=1S/C17H27N3O.C16H24ClN3O.C16H23ClN2O.C16H26N4O.C15H22ClN3O.2C15H24N4O/c1-12(2)20-10-8-17(5,9-11-20)19-16(21)15-13(3)6-7-14(4)18-15;1-11(2)20-9-7-16(4,8-10-20)19-15(21)14-13(17)6-5-12(3)18-14;1-16(2,3)19-10-8-12(11-19)6-7-14(20)15-13(17)5-4-9-18-15;1-11(2)20-8-6-16(5,7-9-20)19-15(21)14-13(4)17-10-12(3)18-14;1-11(2)19-9-6-15(3,7-10-19)18-14(20)13-12(16)5-4-8-17-13;1-11(2)19-9-6-15(4,7-10-19)17-14(20)13-12(3)5-8-16-18-13;1-11(2)19-9-7-15(4,8-10-19)16-14(20)13-6-5-12(3)17-18-13/h6-7,12H,8-11H2,1-5H3,(H,19,21);5-6,11H,7-10H2,1-4H3,(H,19,21);4-5,9,12H,6-8,10-11H2,1-3H3;10-11H,6-9H2,1-5H3,(H,19,21);4-5,8,11H,6-7,9-10H2,1-3H3,(H,18,20);5,8,11H,6-7,9-10H2,1-4H3,(H,17,20);5-6,11H,7-10H2,1-4H3,(H,16,20). The Kier molecular flexibility index (Phi) is 45.0. The summed E-state index contributed by atoms with van der Waals surface area (Å²) < 4.78 is 0. The van der Waals surface area contributed by atoms with Crippen molar-refractivity contribution in [3.05, 3.63) is 186 Å². The van der Waals surface area contributed by atoms with Crippen LogP contribution in [0.1, 0.15) is 355 Å². The third-order valence-corrected chi connectivity index (χ3v) is 30.3. The number of aromatic nitrogens is 10. The molecule has 7 fully saturated rings. The predicted molar refractivity (Wildman–Crippen MR) is 575 cm³/mol. The van der Waals surface area contributed by atoms with E-state index in [0.29, 0.717) is 109 Å². The fourth-order valence-corrected chi connectivity index (χ4v) is 19.3. The van der Waals surface area contributed by atoms with E-state index in [1.807, 2.05) is 78.8 Å². The van der Waals surface area contributed by atoms with E-state index in [1.165, 1.54) is 6.42 Å². The van der Waals surface area contributed by atoms with Crippen molar-refractivity contribution >= 4 is 76.0 Å². The van der Waals surface area contributed by atoms with Gasteiger partial charge in [0.1, 0.15) is 28.5 Å². The second-order valence-electron chi connectivity index (χ2n) is 44.7. The van der Waals surface area contributed by atoms with Gasteiger partial charge in [0.05, 0.1) is 32.1 Å². The van der Waals surface area contributed by atoms with Gasteiger partial charge in [0.25, 0.3) is 35.4 Å². The third kappa shape index (κ3) is 37.4. The van der Waals surface area contributed by atoms with E-state index in [9.17, 15) is 33.6 Å². The van der Waals surface area contributed by atoms with Crippen molar-refractivity contribution in [3.63, 3.8) is 0 Å². The van der Waals surface area contributed by atoms with Crippen LogP contribution in [-0.2, 0) is 0 Å². The van der Waals surface area contributed by atoms with Gasteiger partial charge >= 0.3 is 0 Å². The highest BCUT2D eigenvalue weighted by Crippen LogP contribution is 2.33. The number of nitrogens with zero attached hydrogens (tertiary/aromatic N) is 17. The minimum atomic E-state index is -0.184. The van der Waals surface area contributed by atoms with Crippen LogP contribution in [0.2, 0.25) is 15.1 Å². The highest BCUT2D eigenvalue weighted by molar-refractivity contribution is 6.34. The average Bonchev–Trinajstić information content (AvgIpc) is 1.36. The number of amides is 6. The fraction of sp³-hybridized carbons (Fsp3) is 0.645. The Labute approximate surface area is 869 Å². The lowest BCUT2D eigenvalue weighted by molar-refractivity contribution is 0.0785. The first-order valence-corrected chi connectivity index (χ1v) is 53.0. The number of piperidine rings is 6. The zero-order chi connectivity index (χ0) is 106. The highest BCUT2D eigenvalue weighted by Gasteiger charge is 2.41. The van der Waals surface area contributed by atoms with Gasteiger partial charge in [0, 0.05) is 203 Å². The van der Waals surface area contributed by atoms with Crippen LogP contribution in [0.3, 0.4) is 0 Å². The summed E-state index contributed by atoms with van der Waals surface area (Å²) in [5, 5.41) is 35.8. The van der Waals surface area contributed by atoms with Crippen LogP contribution in [0, 0.1) is 54.4 Å². The average molecular weight is 2030 g/mol. The number of nitrogens with one attached hydrogen (secondary N) is 6. The Bertz CT molecular complexity index is 4960. The molecule has 0 aromatic carbocycles. The summed E-state index contributed by atoms with van der Waals surface area (Å²) in [6, 6.07) is 23.0. The van der Waals surface area contributed by atoms with Crippen LogP contribution in [0.15, 0.2) is 91.5 Å². The smallest absolute Gasteiger partial charge is 0.272 e. The molecule has 0 radical (unpaired) electrons. The zero-order valence-electron chi connectivity index (χ0n) is 91.3. The molecule has 7 saturated heterocycles. The third-order valence-electron chi connectivity index (χ3n) is 29.4. The molecule has 33 heteroatoms. The number of halogens is 3. The summed E-state index contributed by atoms with van der Waals surface area (Å²) in [5.74, 6) is -0.0826. The summed E-state index contributed by atoms with van der Waals surface area (Å²) >= 11 is 18.1. The lowest BCUT2D eigenvalue weighted by Crippen LogP contribution is -2.54. The molecule has 0 spiro atoms. The molecule has 1 atom stereocenters. The molecule has 7 aliphatic heterocycles. The molecular weight excluding hydrogens is 1860 g/mol. The lowest BCUT2D eigenvalue weighted by Gasteiger charge is -2.41. The second kappa shape index (κ2) is 54.0. The zero-order valence-corrected chi connectivity index (χ0v) is 93.6. The van der Waals surface area contributed by atoms with E-state index in [0.717, 1.165) is 209 Å². The first kappa shape index (κ1) is 119. The van der Waals surface area contributed by atoms with Crippen LogP contribution in [0.25, 0.3) is 0 Å². The van der Waals surface area contributed by atoms with Gasteiger partial charge in [-0.15, -0.1) is 10.2 Å². The molecule has 0 aliphatic carbocycles. The molecule has 30 nitrogen and oxygen atoms in total. The maximum atomic E-state index is 12.5. The SMILES string of the molecule is CC(C)(C)N1CCC(CCC(=O)c2ncccc2Cl)C1.CC(C)N1CCC(C)(NC(=O)c2ncccc2Cl)CC1.Cc1ccc(C(=O)NC2(C)CCN(C(C)C)CC2)nn1.Cc1ccc(C)c(C(=O)NC2(C)CCN(C(C)C)CC2)n1.Cc1ccc(Cl)c(C(=O)NC2(C)CCN(C(C)C)CC2)n1.Cc1ccnnc1C(=O)NC1(C)CCN(C(C)C)CC1.Cc1cnc(C)c(C(=O)NC2(C)CCN(C(C)C)CC2)n1. The first-order valence-electron chi connectivity index (χ1n) is 51.9. The van der Waals surface area contributed by atoms with Gasteiger partial charge in [-0.05, 0) is 368 Å². The van der Waals surface area contributed by atoms with Crippen molar-refractivity contribution in [2.75, 3.05) is 91.6 Å². The second-order valence-corrected chi connectivity index (χ2v) is 46.0. The van der Waals surface area contributed by atoms with Gasteiger partial charge in [-0.3, -0.25) is 48.4 Å². The molecule has 6 amide bonds. The molecule has 1 unspecified atom stereocenters. The van der Waals surface area contributed by atoms with Crippen LogP contribution >= 0.6 is 34.8 Å². The van der Waals surface area contributed by atoms with Gasteiger partial charge in [-0.25, -0.2) is 19.9 Å². The number of ketones is 1. The van der Waals surface area contributed by atoms with E-state index >= 15 is 0 Å². The van der Waals surface area contributed by atoms with Crippen molar-refractivity contribution in [3.8, 4) is 0 Å². The Morgan fingerprint density at radius 3 is 1.04 bits per heavy atom. The van der Waals surface area contributed by atoms with Gasteiger partial charge in [-0.1, -0.05) is 40.9 Å². The summed E-state index contributed by atoms with van der Waals surface area (Å²) in [5.41, 5.74) is 7.91. The van der Waals surface area contributed by atoms with E-state index < -0.39 is 0 Å². The number of rotatable bonds is 22. The maximum absolute atomic E-state index is 12.5. The first-order chi connectivity index (χ1) is 67.0. The predicted octanol–water partition coefficient (Wildman–Crippen LogP) is 17.9. The quantitative estimate of drug-likeness (QED) is 0.0343. The summed E-state index contributed by atoms with van der Waals surface area (Å²) in [4.78, 5) is 129. The number of hydrogen-bond donors (Lipinski definition) is 6. The van der Waals surface area contributed by atoms with Crippen molar-refractivity contribution in [1.29, 1.82) is 0 Å². The van der Waals surface area contributed by atoms with Crippen LogP contribution in [0.5, 0.6) is 0 Å². The maximum Gasteiger partial charge on any atom is 0.272 e. The van der Waals surface area contributed by atoms with Crippen molar-refractivity contribution < 1.29 is 33.6 Å². The normalized spacial score (nSPS) is 19.1. The summed E-state index contributed by atoms with van der Waals surface area (Å²) in [6.07, 6.45) is 20.7. The molecule has 0 saturated carbocycles. The highest BCUT2D eigenvalue weighted by atomic mass is 35.5. The van der Waals surface area contributed by atoms with Gasteiger partial charge < -0.3 is 61.3 Å². The molecule has 14 heterocycles. The number of carbonyl (C=O) groups is 7. The topological polar surface area (TPSA) is 343 Å². The molecule has 7 aliphatic rings. The number of hydrogen-bond acceptors (Lipinski definition) is 24. The molecule has 6 N–H and O–H groups in total. The monoisotopic (exact) mass is 2030 g/mol. The van der Waals surface area contributed by atoms with Crippen LogP contribution < -0.4 is 31.9 Å². The number of carbonyl (C=O) groups excluding carboxylic acids is 7. The van der Waals surface area contributed by atoms with E-state index in [4.69, 9.17) is 34.8 Å². The molecular formula is C110H170Cl3N23O7. The Balaban J connectivity index is 0.000000204. The number of likely N-dealkylation sites (tertiary alicyclic amines) is 7. The van der Waals surface area contributed by atoms with Gasteiger partial charge in [0.2, 0.25) is 0 Å². The van der Waals surface area contributed by atoms with Crippen molar-refractivity contribution in [2.24, 2.45) is 5.92 Å². The lowest BCUT2D eigenvalue weighted by atomic mass is 9.88. The number of aryl methyl sites for hydroxylation is 7. The summed E-state index contributed by atoms with van der Waals surface area (Å²) in [7, 11) is 0. The molecule has 0 bridgehead atoms. The molecule has 7 aromatic rings. The molecule has 143 heavy (non-hydrogen) atoms. The van der Waals surface area contributed by atoms with E-state index in [-0.39, 0.29) is 80.0 Å². The van der Waals surface area contributed by atoms with Crippen molar-refractivity contribution in [1.82, 2.24) is 116 Å². The number of Topliss-reactive ketones (excluding diaryl/α,β-unsaturated/α-hetero) is 1. The van der Waals surface area contributed by atoms with Gasteiger partial charge in [-0.2, -0.15) is 10.2 Å².